The van der Waals surface area contributed by atoms with E-state index in [1.54, 1.807) is 13.8 Å². The standard InChI is InChI=1S/C24H31NO4.Ca.2H/c1-15(2)22-25-20(16(3)29-22)12-13-28-21-11-7-9-18-17(8-6-10-19(18)21)14-24(4,5)23(26)27;;;/h7-9,11,15H,6,10,12-14H2,1-5H3,(H,26,27);;;. The molecular formula is C24H33CaNO4. The van der Waals surface area contributed by atoms with Crippen molar-refractivity contribution in [1.29, 1.82) is 0 Å². The Morgan fingerprint density at radius 1 is 1.33 bits per heavy atom. The van der Waals surface area contributed by atoms with Gasteiger partial charge in [-0.25, -0.2) is 4.98 Å². The van der Waals surface area contributed by atoms with E-state index in [1.807, 2.05) is 19.1 Å². The molecule has 6 heteroatoms. The number of benzene rings is 1. The molecule has 1 N–H and O–H groups in total. The van der Waals surface area contributed by atoms with E-state index in [4.69, 9.17) is 9.15 Å². The van der Waals surface area contributed by atoms with Crippen LogP contribution in [0.5, 0.6) is 5.75 Å². The Balaban J connectivity index is 0.00000320. The summed E-state index contributed by atoms with van der Waals surface area (Å²) in [6, 6.07) is 6.06. The Bertz CT molecular complexity index is 927. The van der Waals surface area contributed by atoms with Crippen molar-refractivity contribution in [2.24, 2.45) is 5.41 Å². The molecule has 1 heterocycles. The molecular weight excluding hydrogens is 406 g/mol. The number of carboxylic acids is 1. The summed E-state index contributed by atoms with van der Waals surface area (Å²) in [7, 11) is 0. The summed E-state index contributed by atoms with van der Waals surface area (Å²) in [6.07, 6.45) is 5.18. The summed E-state index contributed by atoms with van der Waals surface area (Å²) in [4.78, 5) is 16.1. The van der Waals surface area contributed by atoms with Crippen LogP contribution in [0.1, 0.15) is 74.9 Å². The van der Waals surface area contributed by atoms with Gasteiger partial charge in [-0.1, -0.05) is 32.1 Å². The number of oxazole rings is 1. The Morgan fingerprint density at radius 3 is 2.70 bits per heavy atom. The molecule has 0 amide bonds. The number of hydrogen-bond donors (Lipinski definition) is 1. The maximum atomic E-state index is 11.6. The number of aliphatic carboxylic acids is 1. The summed E-state index contributed by atoms with van der Waals surface area (Å²) in [5.74, 6) is 2.00. The van der Waals surface area contributed by atoms with Crippen molar-refractivity contribution < 1.29 is 19.1 Å². The molecule has 0 bridgehead atoms. The number of fused-ring (bicyclic) bond motifs is 1. The van der Waals surface area contributed by atoms with E-state index < -0.39 is 11.4 Å². The number of ether oxygens (including phenoxy) is 1. The number of carboxylic acid groups (broad SMARTS) is 1. The van der Waals surface area contributed by atoms with Gasteiger partial charge in [0.1, 0.15) is 11.5 Å². The van der Waals surface area contributed by atoms with Gasteiger partial charge < -0.3 is 14.3 Å². The summed E-state index contributed by atoms with van der Waals surface area (Å²) in [5.41, 5.74) is 3.53. The quantitative estimate of drug-likeness (QED) is 0.607. The molecule has 0 saturated heterocycles. The van der Waals surface area contributed by atoms with Crippen LogP contribution in [0.3, 0.4) is 0 Å². The topological polar surface area (TPSA) is 72.6 Å². The Morgan fingerprint density at radius 2 is 2.07 bits per heavy atom. The molecule has 0 saturated carbocycles. The van der Waals surface area contributed by atoms with Gasteiger partial charge in [-0.2, -0.15) is 0 Å². The zero-order valence-corrected chi connectivity index (χ0v) is 18.0. The molecule has 0 aliphatic heterocycles. The van der Waals surface area contributed by atoms with Gasteiger partial charge in [-0.05, 0) is 57.2 Å². The van der Waals surface area contributed by atoms with Crippen molar-refractivity contribution in [2.75, 3.05) is 6.61 Å². The summed E-state index contributed by atoms with van der Waals surface area (Å²) in [5, 5.41) is 9.49. The number of hydrogen-bond acceptors (Lipinski definition) is 4. The average Bonchev–Trinajstić information content (AvgIpc) is 3.03. The second-order valence-corrected chi connectivity index (χ2v) is 8.72. The van der Waals surface area contributed by atoms with E-state index in [1.165, 1.54) is 5.56 Å². The zero-order valence-electron chi connectivity index (χ0n) is 18.0. The van der Waals surface area contributed by atoms with Crippen LogP contribution in [-0.2, 0) is 17.6 Å². The van der Waals surface area contributed by atoms with Crippen LogP contribution in [0.25, 0.3) is 5.57 Å². The fourth-order valence-electron chi connectivity index (χ4n) is 3.67. The molecule has 3 rings (SSSR count). The van der Waals surface area contributed by atoms with Gasteiger partial charge in [-0.15, -0.1) is 0 Å². The molecule has 1 aliphatic rings. The molecule has 1 aromatic carbocycles. The molecule has 2 aromatic rings. The third kappa shape index (κ3) is 5.68. The molecule has 160 valence electrons. The third-order valence-electron chi connectivity index (χ3n) is 5.47. The second-order valence-electron chi connectivity index (χ2n) is 8.72. The molecule has 30 heavy (non-hydrogen) atoms. The van der Waals surface area contributed by atoms with Gasteiger partial charge in [0.15, 0.2) is 5.89 Å². The molecule has 1 aliphatic carbocycles. The number of rotatable bonds is 8. The predicted octanol–water partition coefficient (Wildman–Crippen LogP) is 4.64. The molecule has 1 aromatic heterocycles. The number of nitrogens with zero attached hydrogens (tertiary/aromatic N) is 1. The number of aryl methyl sites for hydroxylation is 1. The normalized spacial score (nSPS) is 13.5. The van der Waals surface area contributed by atoms with Crippen LogP contribution in [0, 0.1) is 12.3 Å². The summed E-state index contributed by atoms with van der Waals surface area (Å²) < 4.78 is 11.9. The van der Waals surface area contributed by atoms with Gasteiger partial charge in [0.05, 0.1) is 17.7 Å². The first-order valence-electron chi connectivity index (χ1n) is 10.3. The van der Waals surface area contributed by atoms with E-state index in [-0.39, 0.29) is 43.7 Å². The number of allylic oxidation sites excluding steroid dienone is 2. The Hall–Kier alpha value is -1.30. The van der Waals surface area contributed by atoms with Crippen molar-refractivity contribution in [1.82, 2.24) is 4.98 Å². The van der Waals surface area contributed by atoms with E-state index in [0.29, 0.717) is 19.4 Å². The van der Waals surface area contributed by atoms with Crippen LogP contribution < -0.4 is 4.74 Å². The molecule has 0 unspecified atom stereocenters. The van der Waals surface area contributed by atoms with Gasteiger partial charge in [0, 0.05) is 17.9 Å². The molecule has 0 fully saturated rings. The van der Waals surface area contributed by atoms with Crippen LogP contribution in [0.15, 0.2) is 28.7 Å². The molecule has 0 atom stereocenters. The van der Waals surface area contributed by atoms with Gasteiger partial charge in [0.2, 0.25) is 0 Å². The van der Waals surface area contributed by atoms with E-state index in [0.717, 1.165) is 47.1 Å². The monoisotopic (exact) mass is 439 g/mol. The zero-order chi connectivity index (χ0) is 21.2. The minimum atomic E-state index is -0.796. The summed E-state index contributed by atoms with van der Waals surface area (Å²) >= 11 is 0. The van der Waals surface area contributed by atoms with Crippen molar-refractivity contribution >= 4 is 49.3 Å². The maximum absolute atomic E-state index is 11.6. The van der Waals surface area contributed by atoms with Gasteiger partial charge in [0.25, 0.3) is 0 Å². The first-order chi connectivity index (χ1) is 13.7. The van der Waals surface area contributed by atoms with Crippen molar-refractivity contribution in [2.45, 2.75) is 66.2 Å². The van der Waals surface area contributed by atoms with Crippen LogP contribution in [0.4, 0.5) is 0 Å². The van der Waals surface area contributed by atoms with E-state index in [2.05, 4.69) is 31.0 Å². The van der Waals surface area contributed by atoms with Crippen LogP contribution >= 0.6 is 0 Å². The van der Waals surface area contributed by atoms with Crippen molar-refractivity contribution in [3.8, 4) is 5.75 Å². The van der Waals surface area contributed by atoms with Gasteiger partial charge >= 0.3 is 43.7 Å². The Kier molecular flexibility index (Phi) is 8.60. The third-order valence-corrected chi connectivity index (χ3v) is 5.47. The first-order valence-corrected chi connectivity index (χ1v) is 10.3. The fraction of sp³-hybridized carbons (Fsp3) is 0.500. The number of aromatic nitrogens is 1. The predicted molar refractivity (Wildman–Crippen MR) is 122 cm³/mol. The van der Waals surface area contributed by atoms with E-state index >= 15 is 0 Å². The molecule has 0 spiro atoms. The minimum absolute atomic E-state index is 0. The van der Waals surface area contributed by atoms with Crippen molar-refractivity contribution in [3.05, 3.63) is 52.7 Å². The fourth-order valence-corrected chi connectivity index (χ4v) is 3.67. The van der Waals surface area contributed by atoms with Crippen LogP contribution in [-0.4, -0.2) is 60.4 Å². The molecule has 5 nitrogen and oxygen atoms in total. The van der Waals surface area contributed by atoms with Gasteiger partial charge in [-0.3, -0.25) is 4.79 Å². The second kappa shape index (κ2) is 10.3. The number of carbonyl (C=O) groups is 1. The van der Waals surface area contributed by atoms with E-state index in [9.17, 15) is 9.90 Å². The first kappa shape index (κ1) is 25.0. The van der Waals surface area contributed by atoms with Crippen LogP contribution in [0.2, 0.25) is 0 Å². The average molecular weight is 440 g/mol. The summed E-state index contributed by atoms with van der Waals surface area (Å²) in [6.45, 7) is 10.2. The van der Waals surface area contributed by atoms with Crippen molar-refractivity contribution in [3.63, 3.8) is 0 Å². The SMILES string of the molecule is Cc1oc(C(C)C)nc1CCOc1cccc2c1CCC=C2CC(C)(C)C(=O)O.[CaH2]. The Labute approximate surface area is 208 Å². The molecule has 0 radical (unpaired) electrons.